The number of benzene rings is 2. The van der Waals surface area contributed by atoms with Crippen LogP contribution in [0, 0.1) is 0 Å². The first-order valence-corrected chi connectivity index (χ1v) is 11.4. The predicted octanol–water partition coefficient (Wildman–Crippen LogP) is 2.29. The lowest BCUT2D eigenvalue weighted by atomic mass is 9.91. The van der Waals surface area contributed by atoms with E-state index in [1.807, 2.05) is 30.3 Å². The Morgan fingerprint density at radius 3 is 2.77 bits per heavy atom. The van der Waals surface area contributed by atoms with Gasteiger partial charge in [0.1, 0.15) is 0 Å². The smallest absolute Gasteiger partial charge is 0.251 e. The summed E-state index contributed by atoms with van der Waals surface area (Å²) in [6.07, 6.45) is 4.34. The molecule has 0 bridgehead atoms. The first-order valence-electron chi connectivity index (χ1n) is 11.4. The predicted molar refractivity (Wildman–Crippen MR) is 125 cm³/mol. The largest absolute Gasteiger partial charge is 0.454 e. The van der Waals surface area contributed by atoms with Crippen LogP contribution in [0.2, 0.25) is 0 Å². The minimum absolute atomic E-state index is 0.147. The number of nitrogens with one attached hydrogen (secondary N) is 1. The molecule has 2 aliphatic heterocycles. The molecular weight excluding hydrogens is 446 g/mol. The molecule has 1 N–H and O–H groups in total. The van der Waals surface area contributed by atoms with Gasteiger partial charge >= 0.3 is 0 Å². The van der Waals surface area contributed by atoms with Gasteiger partial charge in [0.25, 0.3) is 5.91 Å². The number of carbonyl (C=O) groups is 1. The molecule has 35 heavy (non-hydrogen) atoms. The van der Waals surface area contributed by atoms with Crippen LogP contribution in [-0.2, 0) is 13.0 Å². The minimum atomic E-state index is -0.158. The first-order chi connectivity index (χ1) is 17.2. The zero-order chi connectivity index (χ0) is 23.8. The van der Waals surface area contributed by atoms with Crippen LogP contribution < -0.4 is 14.8 Å². The zero-order valence-electron chi connectivity index (χ0n) is 19.1. The molecule has 2 aliphatic rings. The average molecular weight is 470 g/mol. The van der Waals surface area contributed by atoms with Gasteiger partial charge in [0.05, 0.1) is 11.7 Å². The fraction of sp³-hybridized carbons (Fsp3) is 0.240. The molecule has 10 nitrogen and oxygen atoms in total. The third-order valence-corrected chi connectivity index (χ3v) is 6.39. The molecule has 1 amide bonds. The third-order valence-electron chi connectivity index (χ3n) is 6.39. The SMILES string of the molecule is CN1CCc2cc3c(cc2[C@H]1c1nnnn1-c1ccc(C(=O)NCc2cccnc2)cc1)OCO3. The molecule has 0 radical (unpaired) electrons. The molecular formula is C25H23N7O3. The molecule has 2 aromatic heterocycles. The van der Waals surface area contributed by atoms with E-state index in [-0.39, 0.29) is 18.7 Å². The standard InChI is InChI=1S/C25H23N7O3/c1-31-10-8-18-11-21-22(35-15-34-21)12-20(18)23(31)24-28-29-30-32(24)19-6-4-17(5-7-19)25(33)27-14-16-3-2-9-26-13-16/h2-7,9,11-13,23H,8,10,14-15H2,1H3,(H,27,33)/t23-/m0/s1. The second kappa shape index (κ2) is 8.80. The van der Waals surface area contributed by atoms with Crippen LogP contribution in [0.4, 0.5) is 0 Å². The van der Waals surface area contributed by atoms with Gasteiger partial charge in [-0.25, -0.2) is 0 Å². The summed E-state index contributed by atoms with van der Waals surface area (Å²) in [6.45, 7) is 1.51. The van der Waals surface area contributed by atoms with Crippen LogP contribution in [0.25, 0.3) is 5.69 Å². The number of hydrogen-bond donors (Lipinski definition) is 1. The Hall–Kier alpha value is -4.31. The number of carbonyl (C=O) groups excluding carboxylic acids is 1. The molecule has 6 rings (SSSR count). The Labute approximate surface area is 201 Å². The fourth-order valence-corrected chi connectivity index (χ4v) is 4.56. The van der Waals surface area contributed by atoms with Gasteiger partial charge < -0.3 is 14.8 Å². The number of aromatic nitrogens is 5. The lowest BCUT2D eigenvalue weighted by molar-refractivity contribution is 0.0951. The topological polar surface area (TPSA) is 107 Å². The summed E-state index contributed by atoms with van der Waals surface area (Å²) >= 11 is 0. The maximum Gasteiger partial charge on any atom is 0.251 e. The van der Waals surface area contributed by atoms with E-state index in [0.29, 0.717) is 17.9 Å². The molecule has 10 heteroatoms. The molecule has 0 spiro atoms. The third kappa shape index (κ3) is 3.97. The van der Waals surface area contributed by atoms with Crippen molar-refractivity contribution in [3.8, 4) is 17.2 Å². The van der Waals surface area contributed by atoms with Crippen molar-refractivity contribution in [3.05, 3.63) is 89.0 Å². The molecule has 4 heterocycles. The summed E-state index contributed by atoms with van der Waals surface area (Å²) in [6, 6.07) is 15.0. The van der Waals surface area contributed by atoms with E-state index < -0.39 is 0 Å². The Morgan fingerprint density at radius 1 is 1.14 bits per heavy atom. The van der Waals surface area contributed by atoms with Crippen molar-refractivity contribution in [1.29, 1.82) is 0 Å². The van der Waals surface area contributed by atoms with Crippen LogP contribution >= 0.6 is 0 Å². The molecule has 0 saturated heterocycles. The fourth-order valence-electron chi connectivity index (χ4n) is 4.56. The van der Waals surface area contributed by atoms with Gasteiger partial charge in [0, 0.05) is 31.0 Å². The van der Waals surface area contributed by atoms with Crippen LogP contribution in [-0.4, -0.2) is 56.4 Å². The minimum Gasteiger partial charge on any atom is -0.454 e. The van der Waals surface area contributed by atoms with E-state index >= 15 is 0 Å². The summed E-state index contributed by atoms with van der Waals surface area (Å²) in [7, 11) is 2.06. The number of pyridine rings is 1. The van der Waals surface area contributed by atoms with Crippen molar-refractivity contribution in [2.75, 3.05) is 20.4 Å². The van der Waals surface area contributed by atoms with E-state index in [1.165, 1.54) is 5.56 Å². The number of tetrazole rings is 1. The number of fused-ring (bicyclic) bond motifs is 2. The number of rotatable bonds is 5. The molecule has 4 aromatic rings. The average Bonchev–Trinajstić information content (AvgIpc) is 3.56. The molecule has 1 atom stereocenters. The van der Waals surface area contributed by atoms with Crippen molar-refractivity contribution in [2.24, 2.45) is 0 Å². The number of likely N-dealkylation sites (N-methyl/N-ethyl adjacent to an activating group) is 1. The molecule has 2 aromatic carbocycles. The van der Waals surface area contributed by atoms with Gasteiger partial charge in [0.15, 0.2) is 17.3 Å². The highest BCUT2D eigenvalue weighted by atomic mass is 16.7. The molecule has 0 aliphatic carbocycles. The summed E-state index contributed by atoms with van der Waals surface area (Å²) in [5, 5.41) is 15.5. The van der Waals surface area contributed by atoms with Crippen LogP contribution in [0.5, 0.6) is 11.5 Å². The summed E-state index contributed by atoms with van der Waals surface area (Å²) in [4.78, 5) is 18.9. The zero-order valence-corrected chi connectivity index (χ0v) is 19.1. The van der Waals surface area contributed by atoms with Crippen molar-refractivity contribution >= 4 is 5.91 Å². The Morgan fingerprint density at radius 2 is 1.97 bits per heavy atom. The maximum absolute atomic E-state index is 12.6. The van der Waals surface area contributed by atoms with Gasteiger partial charge in [0.2, 0.25) is 6.79 Å². The highest BCUT2D eigenvalue weighted by Crippen LogP contribution is 2.41. The van der Waals surface area contributed by atoms with Crippen molar-refractivity contribution in [3.63, 3.8) is 0 Å². The monoisotopic (exact) mass is 469 g/mol. The van der Waals surface area contributed by atoms with Crippen LogP contribution in [0.15, 0.2) is 60.9 Å². The quantitative estimate of drug-likeness (QED) is 0.475. The van der Waals surface area contributed by atoms with Gasteiger partial charge in [-0.15, -0.1) is 5.10 Å². The first kappa shape index (κ1) is 21.2. The van der Waals surface area contributed by atoms with Crippen molar-refractivity contribution in [1.82, 2.24) is 35.4 Å². The highest BCUT2D eigenvalue weighted by Gasteiger charge is 2.33. The maximum atomic E-state index is 12.6. The number of amides is 1. The lowest BCUT2D eigenvalue weighted by Gasteiger charge is -2.33. The second-order valence-electron chi connectivity index (χ2n) is 8.58. The number of hydrogen-bond acceptors (Lipinski definition) is 8. The van der Waals surface area contributed by atoms with E-state index in [0.717, 1.165) is 41.3 Å². The number of nitrogens with zero attached hydrogens (tertiary/aromatic N) is 6. The van der Waals surface area contributed by atoms with Crippen LogP contribution in [0.3, 0.4) is 0 Å². The molecule has 0 unspecified atom stereocenters. The van der Waals surface area contributed by atoms with Gasteiger partial charge in [-0.3, -0.25) is 14.7 Å². The number of ether oxygens (including phenoxy) is 2. The highest BCUT2D eigenvalue weighted by molar-refractivity contribution is 5.94. The summed E-state index contributed by atoms with van der Waals surface area (Å²) in [5.74, 6) is 2.06. The van der Waals surface area contributed by atoms with Gasteiger partial charge in [-0.05, 0) is 83.1 Å². The molecule has 0 saturated carbocycles. The second-order valence-corrected chi connectivity index (χ2v) is 8.58. The van der Waals surface area contributed by atoms with Gasteiger partial charge in [-0.2, -0.15) is 4.68 Å². The summed E-state index contributed by atoms with van der Waals surface area (Å²) in [5.41, 5.74) is 4.57. The van der Waals surface area contributed by atoms with E-state index in [4.69, 9.17) is 9.47 Å². The van der Waals surface area contributed by atoms with E-state index in [1.54, 1.807) is 29.2 Å². The van der Waals surface area contributed by atoms with Crippen LogP contribution in [0.1, 0.15) is 38.9 Å². The Balaban J connectivity index is 1.26. The van der Waals surface area contributed by atoms with Crippen molar-refractivity contribution in [2.45, 2.75) is 19.0 Å². The summed E-state index contributed by atoms with van der Waals surface area (Å²) < 4.78 is 12.9. The van der Waals surface area contributed by atoms with Gasteiger partial charge in [-0.1, -0.05) is 6.07 Å². The normalized spacial score (nSPS) is 16.7. The Bertz CT molecular complexity index is 1370. The van der Waals surface area contributed by atoms with E-state index in [2.05, 4.69) is 43.8 Å². The lowest BCUT2D eigenvalue weighted by Crippen LogP contribution is -2.34. The van der Waals surface area contributed by atoms with E-state index in [9.17, 15) is 4.79 Å². The molecule has 0 fully saturated rings. The van der Waals surface area contributed by atoms with Crippen molar-refractivity contribution < 1.29 is 14.3 Å². The molecule has 176 valence electrons. The Kier molecular flexibility index (Phi) is 5.34.